The first-order chi connectivity index (χ1) is 30.6. The summed E-state index contributed by atoms with van der Waals surface area (Å²) in [6.45, 7) is 3.66. The van der Waals surface area contributed by atoms with Gasteiger partial charge >= 0.3 is 0 Å². The van der Waals surface area contributed by atoms with Gasteiger partial charge in [-0.15, -0.1) is 5.10 Å². The number of nitrogens with zero attached hydrogens (tertiary/aromatic N) is 4. The van der Waals surface area contributed by atoms with Crippen molar-refractivity contribution in [2.45, 2.75) is 139 Å². The van der Waals surface area contributed by atoms with Gasteiger partial charge < -0.3 is 53.7 Å². The maximum absolute atomic E-state index is 14.9. The highest BCUT2D eigenvalue weighted by Gasteiger charge is 2.45. The molecule has 0 radical (unpaired) electrons. The summed E-state index contributed by atoms with van der Waals surface area (Å²) in [4.78, 5) is 113. The summed E-state index contributed by atoms with van der Waals surface area (Å²) in [6, 6.07) is -0.899. The first kappa shape index (κ1) is 47.1. The minimum absolute atomic E-state index is 0.00230. The van der Waals surface area contributed by atoms with Crippen LogP contribution in [0.2, 0.25) is 0 Å². The quantitative estimate of drug-likeness (QED) is 0.128. The van der Waals surface area contributed by atoms with Gasteiger partial charge in [0, 0.05) is 55.1 Å². The van der Waals surface area contributed by atoms with E-state index in [1.54, 1.807) is 17.8 Å². The maximum atomic E-state index is 14.9. The molecule has 3 aromatic rings. The fourth-order valence-electron chi connectivity index (χ4n) is 8.80. The Bertz CT molecular complexity index is 2200. The van der Waals surface area contributed by atoms with Crippen molar-refractivity contribution in [1.82, 2.24) is 51.5 Å². The Morgan fingerprint density at radius 2 is 1.58 bits per heavy atom. The van der Waals surface area contributed by atoms with Gasteiger partial charge in [-0.3, -0.25) is 38.4 Å². The van der Waals surface area contributed by atoms with Crippen LogP contribution in [0, 0.1) is 5.92 Å². The molecule has 8 atom stereocenters. The van der Waals surface area contributed by atoms with Gasteiger partial charge in [-0.25, -0.2) is 4.68 Å². The number of carbonyl (C=O) groups excluding carboxylic acids is 8. The van der Waals surface area contributed by atoms with Crippen LogP contribution in [0.1, 0.15) is 108 Å². The molecule has 4 heterocycles. The maximum Gasteiger partial charge on any atom is 0.246 e. The highest BCUT2D eigenvalue weighted by Crippen LogP contribution is 2.35. The fraction of sp³-hybridized carbons (Fsp3) is 0.581. The van der Waals surface area contributed by atoms with Gasteiger partial charge in [0.25, 0.3) is 0 Å². The van der Waals surface area contributed by atoms with Crippen LogP contribution in [-0.2, 0) is 44.8 Å². The van der Waals surface area contributed by atoms with E-state index < -0.39 is 108 Å². The molecule has 3 fully saturated rings. The molecule has 346 valence electrons. The van der Waals surface area contributed by atoms with Gasteiger partial charge in [0.2, 0.25) is 47.3 Å². The summed E-state index contributed by atoms with van der Waals surface area (Å²) < 4.78 is 1.66. The van der Waals surface area contributed by atoms with Crippen LogP contribution in [0.4, 0.5) is 0 Å². The summed E-state index contributed by atoms with van der Waals surface area (Å²) in [5.41, 5.74) is 19.6. The van der Waals surface area contributed by atoms with Crippen LogP contribution < -0.4 is 43.8 Å². The van der Waals surface area contributed by atoms with Crippen molar-refractivity contribution < 1.29 is 38.4 Å². The lowest BCUT2D eigenvalue weighted by atomic mass is 9.96. The van der Waals surface area contributed by atoms with Gasteiger partial charge in [-0.05, 0) is 49.7 Å². The number of nitrogens with one attached hydrogen (secondary N) is 6. The molecular formula is C43H61N13O8. The average molecular weight is 888 g/mol. The van der Waals surface area contributed by atoms with Crippen molar-refractivity contribution >= 4 is 58.2 Å². The lowest BCUT2D eigenvalue weighted by Gasteiger charge is -2.33. The third-order valence-electron chi connectivity index (χ3n) is 12.7. The number of primary amides is 2. The van der Waals surface area contributed by atoms with Crippen LogP contribution in [0.5, 0.6) is 0 Å². The Morgan fingerprint density at radius 3 is 2.30 bits per heavy atom. The number of aromatic amines is 1. The molecule has 1 aromatic carbocycles. The SMILES string of the molecule is CC[C@H](C)[C@@H]1NC(=O)[C@H](CC(N)=O)NC(=O)[C@@H](N)CC(=O)NCCCC[C@@H](C(N)=O)NC(=O)[C@H](Cc2c[nH]c3ccccc23)NC(=O)[C@@H]2C[C@H](n3cc(C4CCCC4)nn3)CN2C1=O. The summed E-state index contributed by atoms with van der Waals surface area (Å²) in [5.74, 6) is -6.40. The monoisotopic (exact) mass is 887 g/mol. The molecule has 2 saturated heterocycles. The Labute approximate surface area is 370 Å². The van der Waals surface area contributed by atoms with Crippen molar-refractivity contribution in [3.8, 4) is 0 Å². The van der Waals surface area contributed by atoms with Crippen molar-refractivity contribution in [2.75, 3.05) is 13.1 Å². The third-order valence-corrected chi connectivity index (χ3v) is 12.7. The first-order valence-corrected chi connectivity index (χ1v) is 22.2. The zero-order valence-electron chi connectivity index (χ0n) is 36.3. The van der Waals surface area contributed by atoms with E-state index in [0.717, 1.165) is 42.3 Å². The number of rotatable bonds is 9. The number of hydrogen-bond acceptors (Lipinski definition) is 11. The van der Waals surface area contributed by atoms with E-state index in [4.69, 9.17) is 17.2 Å². The minimum atomic E-state index is -1.56. The van der Waals surface area contributed by atoms with E-state index >= 15 is 0 Å². The smallest absolute Gasteiger partial charge is 0.246 e. The molecule has 6 rings (SSSR count). The molecule has 64 heavy (non-hydrogen) atoms. The molecular weight excluding hydrogens is 827 g/mol. The number of fused-ring (bicyclic) bond motifs is 2. The second kappa shape index (κ2) is 21.3. The summed E-state index contributed by atoms with van der Waals surface area (Å²) in [6.07, 6.45) is 7.86. The van der Waals surface area contributed by atoms with Crippen LogP contribution in [0.3, 0.4) is 0 Å². The zero-order chi connectivity index (χ0) is 46.1. The van der Waals surface area contributed by atoms with Crippen molar-refractivity contribution in [3.05, 3.63) is 47.9 Å². The predicted molar refractivity (Wildman–Crippen MR) is 232 cm³/mol. The van der Waals surface area contributed by atoms with Gasteiger partial charge in [-0.2, -0.15) is 0 Å². The number of amides is 8. The predicted octanol–water partition coefficient (Wildman–Crippen LogP) is -0.835. The lowest BCUT2D eigenvalue weighted by molar-refractivity contribution is -0.143. The highest BCUT2D eigenvalue weighted by atomic mass is 16.2. The zero-order valence-corrected chi connectivity index (χ0v) is 36.3. The molecule has 8 amide bonds. The van der Waals surface area contributed by atoms with Gasteiger partial charge in [0.1, 0.15) is 30.2 Å². The summed E-state index contributed by atoms with van der Waals surface area (Å²) in [7, 11) is 0. The molecule has 21 nitrogen and oxygen atoms in total. The van der Waals surface area contributed by atoms with Crippen LogP contribution in [-0.4, -0.2) is 121 Å². The average Bonchev–Trinajstić information content (AvgIpc) is 4.10. The molecule has 1 aliphatic carbocycles. The van der Waals surface area contributed by atoms with Crippen LogP contribution >= 0.6 is 0 Å². The van der Waals surface area contributed by atoms with Crippen molar-refractivity contribution in [1.29, 1.82) is 0 Å². The standard InChI is InChI=1S/C43H61N13O8/c1-3-23(2)37-43(64)55-21-26(56-22-33(53-54-56)24-10-4-5-11-24)17-34(55)42(63)51-31(16-25-20-48-29-13-7-6-12-27(25)29)40(61)49-30(38(46)59)14-8-9-15-47-36(58)18-28(44)39(60)50-32(19-35(45)57)41(62)52-37/h6-7,12-13,20,22-24,26,28,30-32,34,37,48H,3-5,8-11,14-19,21,44H2,1-2H3,(H2,45,57)(H2,46,59)(H,47,58)(H,49,61)(H,50,60)(H,51,63)(H,52,62)/t23-,26-,28-,30-,31-,32-,34-,37-/m0/s1. The summed E-state index contributed by atoms with van der Waals surface area (Å²) >= 11 is 0. The van der Waals surface area contributed by atoms with Crippen LogP contribution in [0.25, 0.3) is 10.9 Å². The molecule has 0 unspecified atom stereocenters. The first-order valence-electron chi connectivity index (χ1n) is 22.2. The van der Waals surface area contributed by atoms with Crippen molar-refractivity contribution in [3.63, 3.8) is 0 Å². The number of aromatic nitrogens is 4. The molecule has 1 saturated carbocycles. The Hall–Kier alpha value is -6.38. The molecule has 2 aromatic heterocycles. The second-order valence-electron chi connectivity index (χ2n) is 17.3. The number of para-hydroxylation sites is 1. The van der Waals surface area contributed by atoms with Gasteiger partial charge in [0.15, 0.2) is 0 Å². The fourth-order valence-corrected chi connectivity index (χ4v) is 8.80. The minimum Gasteiger partial charge on any atom is -0.370 e. The Kier molecular flexibility index (Phi) is 15.7. The molecule has 0 bridgehead atoms. The number of hydrogen-bond donors (Lipinski definition) is 9. The molecule has 12 N–H and O–H groups in total. The number of carbonyl (C=O) groups is 8. The van der Waals surface area contributed by atoms with E-state index in [9.17, 15) is 38.4 Å². The normalized spacial score (nSPS) is 26.9. The van der Waals surface area contributed by atoms with E-state index in [0.29, 0.717) is 24.8 Å². The number of benzene rings is 1. The molecule has 21 heteroatoms. The van der Waals surface area contributed by atoms with E-state index in [1.807, 2.05) is 37.4 Å². The van der Waals surface area contributed by atoms with E-state index in [1.165, 1.54) is 4.90 Å². The lowest BCUT2D eigenvalue weighted by Crippen LogP contribution is -2.60. The van der Waals surface area contributed by atoms with Crippen molar-refractivity contribution in [2.24, 2.45) is 23.1 Å². The second-order valence-corrected chi connectivity index (χ2v) is 17.3. The van der Waals surface area contributed by atoms with E-state index in [2.05, 4.69) is 41.9 Å². The molecule has 2 aliphatic heterocycles. The topological polar surface area (TPSA) is 325 Å². The molecule has 0 spiro atoms. The summed E-state index contributed by atoms with van der Waals surface area (Å²) in [5, 5.41) is 23.1. The largest absolute Gasteiger partial charge is 0.370 e. The highest BCUT2D eigenvalue weighted by molar-refractivity contribution is 5.99. The van der Waals surface area contributed by atoms with Gasteiger partial charge in [-0.1, -0.05) is 56.5 Å². The van der Waals surface area contributed by atoms with Crippen LogP contribution in [0.15, 0.2) is 36.7 Å². The third kappa shape index (κ3) is 11.6. The van der Waals surface area contributed by atoms with E-state index in [-0.39, 0.29) is 38.3 Å². The number of H-pyrrole nitrogens is 1. The number of nitrogens with two attached hydrogens (primary N) is 3. The van der Waals surface area contributed by atoms with Gasteiger partial charge in [0.05, 0.1) is 30.6 Å². The Balaban J connectivity index is 1.37. The molecule has 3 aliphatic rings. The Morgan fingerprint density at radius 1 is 0.875 bits per heavy atom.